The molecular formula is C7H16N2OS. The Bertz CT molecular complexity index is 117. The van der Waals surface area contributed by atoms with Gasteiger partial charge in [0.1, 0.15) is 5.84 Å². The Labute approximate surface area is 72.4 Å². The van der Waals surface area contributed by atoms with Crippen LogP contribution in [0.4, 0.5) is 0 Å². The van der Waals surface area contributed by atoms with Crippen LogP contribution in [0.1, 0.15) is 6.92 Å². The lowest BCUT2D eigenvalue weighted by molar-refractivity contribution is 0.208. The Morgan fingerprint density at radius 3 is 2.91 bits per heavy atom. The maximum absolute atomic E-state index is 5.57. The van der Waals surface area contributed by atoms with Crippen LogP contribution in [-0.4, -0.2) is 37.6 Å². The number of hydrogen-bond acceptors (Lipinski definition) is 3. The van der Waals surface area contributed by atoms with Crippen LogP contribution < -0.4 is 5.73 Å². The average Bonchev–Trinajstić information content (AvgIpc) is 2.01. The first-order valence-electron chi connectivity index (χ1n) is 3.66. The summed E-state index contributed by atoms with van der Waals surface area (Å²) in [6, 6.07) is 0. The highest BCUT2D eigenvalue weighted by Gasteiger charge is 1.90. The summed E-state index contributed by atoms with van der Waals surface area (Å²) in [6.45, 7) is 3.43. The SMILES string of the molecule is CCSCC(N)=NCCOC. The normalized spacial score (nSPS) is 12.0. The van der Waals surface area contributed by atoms with E-state index in [9.17, 15) is 0 Å². The van der Waals surface area contributed by atoms with Crippen LogP contribution in [0.3, 0.4) is 0 Å². The Balaban J connectivity index is 3.30. The Hall–Kier alpha value is -0.220. The first-order valence-corrected chi connectivity index (χ1v) is 4.82. The number of ether oxygens (including phenoxy) is 1. The molecule has 0 aromatic carbocycles. The second kappa shape index (κ2) is 7.88. The molecule has 0 amide bonds. The third kappa shape index (κ3) is 7.68. The van der Waals surface area contributed by atoms with Crippen molar-refractivity contribution in [3.05, 3.63) is 0 Å². The molecule has 0 unspecified atom stereocenters. The van der Waals surface area contributed by atoms with Gasteiger partial charge in [-0.2, -0.15) is 11.8 Å². The van der Waals surface area contributed by atoms with E-state index >= 15 is 0 Å². The highest BCUT2D eigenvalue weighted by atomic mass is 32.2. The van der Waals surface area contributed by atoms with Gasteiger partial charge in [-0.1, -0.05) is 6.92 Å². The number of thioether (sulfide) groups is 1. The summed E-state index contributed by atoms with van der Waals surface area (Å²) in [5.41, 5.74) is 5.57. The van der Waals surface area contributed by atoms with Gasteiger partial charge in [-0.15, -0.1) is 0 Å². The minimum Gasteiger partial charge on any atom is -0.387 e. The molecule has 0 bridgehead atoms. The van der Waals surface area contributed by atoms with Gasteiger partial charge >= 0.3 is 0 Å². The topological polar surface area (TPSA) is 47.6 Å². The molecule has 0 aromatic heterocycles. The number of methoxy groups -OCH3 is 1. The number of aliphatic imine (C=N–C) groups is 1. The van der Waals surface area contributed by atoms with Gasteiger partial charge in [-0.25, -0.2) is 0 Å². The molecule has 0 radical (unpaired) electrons. The molecule has 11 heavy (non-hydrogen) atoms. The molecule has 2 N–H and O–H groups in total. The molecule has 0 saturated heterocycles. The molecule has 0 rings (SSSR count). The van der Waals surface area contributed by atoms with Gasteiger partial charge in [-0.3, -0.25) is 4.99 Å². The van der Waals surface area contributed by atoms with Crippen LogP contribution in [0, 0.1) is 0 Å². The second-order valence-electron chi connectivity index (χ2n) is 2.00. The summed E-state index contributed by atoms with van der Waals surface area (Å²) < 4.78 is 4.83. The fourth-order valence-electron chi connectivity index (χ4n) is 0.533. The van der Waals surface area contributed by atoms with E-state index in [1.807, 2.05) is 0 Å². The van der Waals surface area contributed by atoms with Crippen LogP contribution in [0.15, 0.2) is 4.99 Å². The molecule has 0 atom stereocenters. The zero-order valence-electron chi connectivity index (χ0n) is 7.17. The third-order valence-corrected chi connectivity index (χ3v) is 1.97. The highest BCUT2D eigenvalue weighted by molar-refractivity contribution is 7.99. The number of rotatable bonds is 6. The van der Waals surface area contributed by atoms with Crippen LogP contribution in [0.25, 0.3) is 0 Å². The predicted octanol–water partition coefficient (Wildman–Crippen LogP) is 0.743. The van der Waals surface area contributed by atoms with E-state index in [2.05, 4.69) is 11.9 Å². The summed E-state index contributed by atoms with van der Waals surface area (Å²) in [5.74, 6) is 2.63. The minimum absolute atomic E-state index is 0.650. The van der Waals surface area contributed by atoms with Crippen LogP contribution in [0.5, 0.6) is 0 Å². The number of amidine groups is 1. The summed E-state index contributed by atoms with van der Waals surface area (Å²) >= 11 is 1.78. The summed E-state index contributed by atoms with van der Waals surface area (Å²) in [5, 5.41) is 0. The molecule has 4 heteroatoms. The maximum atomic E-state index is 5.57. The van der Waals surface area contributed by atoms with Gasteiger partial charge in [0, 0.05) is 7.11 Å². The molecule has 0 aliphatic carbocycles. The van der Waals surface area contributed by atoms with E-state index in [0.717, 1.165) is 11.5 Å². The Morgan fingerprint density at radius 1 is 1.64 bits per heavy atom. The van der Waals surface area contributed by atoms with Gasteiger partial charge in [0.25, 0.3) is 0 Å². The molecule has 0 aliphatic rings. The molecule has 0 fully saturated rings. The second-order valence-corrected chi connectivity index (χ2v) is 3.28. The number of nitrogens with zero attached hydrogens (tertiary/aromatic N) is 1. The number of nitrogens with two attached hydrogens (primary N) is 1. The molecule has 0 aromatic rings. The van der Waals surface area contributed by atoms with E-state index in [1.165, 1.54) is 0 Å². The molecule has 0 saturated carbocycles. The van der Waals surface area contributed by atoms with Gasteiger partial charge in [0.2, 0.25) is 0 Å². The fraction of sp³-hybridized carbons (Fsp3) is 0.857. The standard InChI is InChI=1S/C7H16N2OS/c1-3-11-6-7(8)9-4-5-10-2/h3-6H2,1-2H3,(H2,8,9). The zero-order valence-corrected chi connectivity index (χ0v) is 7.99. The lowest BCUT2D eigenvalue weighted by Gasteiger charge is -1.98. The van der Waals surface area contributed by atoms with E-state index in [4.69, 9.17) is 10.5 Å². The minimum atomic E-state index is 0.650. The highest BCUT2D eigenvalue weighted by Crippen LogP contribution is 1.96. The molecule has 66 valence electrons. The van der Waals surface area contributed by atoms with Crippen molar-refractivity contribution in [1.82, 2.24) is 0 Å². The molecule has 3 nitrogen and oxygen atoms in total. The van der Waals surface area contributed by atoms with E-state index in [0.29, 0.717) is 19.0 Å². The van der Waals surface area contributed by atoms with Crippen LogP contribution in [0.2, 0.25) is 0 Å². The Morgan fingerprint density at radius 2 is 2.36 bits per heavy atom. The molecular weight excluding hydrogens is 160 g/mol. The first-order chi connectivity index (χ1) is 5.31. The summed E-state index contributed by atoms with van der Waals surface area (Å²) in [6.07, 6.45) is 0. The quantitative estimate of drug-likeness (QED) is 0.369. The third-order valence-electron chi connectivity index (χ3n) is 1.06. The van der Waals surface area contributed by atoms with Gasteiger partial charge in [-0.05, 0) is 5.75 Å². The van der Waals surface area contributed by atoms with Gasteiger partial charge in [0.05, 0.1) is 18.9 Å². The van der Waals surface area contributed by atoms with Crippen LogP contribution in [-0.2, 0) is 4.74 Å². The van der Waals surface area contributed by atoms with E-state index in [-0.39, 0.29) is 0 Å². The van der Waals surface area contributed by atoms with Crippen molar-refractivity contribution in [3.63, 3.8) is 0 Å². The fourth-order valence-corrected chi connectivity index (χ4v) is 1.04. The van der Waals surface area contributed by atoms with Crippen LogP contribution >= 0.6 is 11.8 Å². The molecule has 0 aliphatic heterocycles. The smallest absolute Gasteiger partial charge is 0.104 e. The largest absolute Gasteiger partial charge is 0.387 e. The van der Waals surface area contributed by atoms with Crippen molar-refractivity contribution in [2.45, 2.75) is 6.92 Å². The van der Waals surface area contributed by atoms with E-state index < -0.39 is 0 Å². The van der Waals surface area contributed by atoms with Crippen molar-refractivity contribution >= 4 is 17.6 Å². The monoisotopic (exact) mass is 176 g/mol. The average molecular weight is 176 g/mol. The Kier molecular flexibility index (Phi) is 7.72. The summed E-state index contributed by atoms with van der Waals surface area (Å²) in [7, 11) is 1.66. The zero-order chi connectivity index (χ0) is 8.53. The van der Waals surface area contributed by atoms with Crippen molar-refractivity contribution in [3.8, 4) is 0 Å². The molecule has 0 heterocycles. The van der Waals surface area contributed by atoms with Crippen molar-refractivity contribution in [2.75, 3.05) is 31.8 Å². The predicted molar refractivity (Wildman–Crippen MR) is 51.4 cm³/mol. The first kappa shape index (κ1) is 10.8. The summed E-state index contributed by atoms with van der Waals surface area (Å²) in [4.78, 5) is 4.10. The lowest BCUT2D eigenvalue weighted by atomic mass is 10.6. The maximum Gasteiger partial charge on any atom is 0.104 e. The van der Waals surface area contributed by atoms with Crippen molar-refractivity contribution in [1.29, 1.82) is 0 Å². The molecule has 0 spiro atoms. The van der Waals surface area contributed by atoms with Gasteiger partial charge < -0.3 is 10.5 Å². The van der Waals surface area contributed by atoms with Gasteiger partial charge in [0.15, 0.2) is 0 Å². The van der Waals surface area contributed by atoms with E-state index in [1.54, 1.807) is 18.9 Å². The van der Waals surface area contributed by atoms with Crippen molar-refractivity contribution < 1.29 is 4.74 Å². The number of hydrogen-bond donors (Lipinski definition) is 1. The van der Waals surface area contributed by atoms with Crippen molar-refractivity contribution in [2.24, 2.45) is 10.7 Å². The lowest BCUT2D eigenvalue weighted by Crippen LogP contribution is -2.16.